The molecule has 0 N–H and O–H groups in total. The molecular formula is C18H24N4O3S. The van der Waals surface area contributed by atoms with Crippen molar-refractivity contribution in [1.82, 2.24) is 19.2 Å². The van der Waals surface area contributed by atoms with E-state index in [-0.39, 0.29) is 17.6 Å². The van der Waals surface area contributed by atoms with Crippen molar-refractivity contribution in [1.29, 1.82) is 0 Å². The van der Waals surface area contributed by atoms with Gasteiger partial charge in [0.15, 0.2) is 4.96 Å². The highest BCUT2D eigenvalue weighted by Gasteiger charge is 2.23. The zero-order valence-corrected chi connectivity index (χ0v) is 15.6. The Kier molecular flexibility index (Phi) is 5.33. The van der Waals surface area contributed by atoms with E-state index in [9.17, 15) is 9.59 Å². The fraction of sp³-hybridized carbons (Fsp3) is 0.611. The number of rotatable bonds is 5. The molecule has 26 heavy (non-hydrogen) atoms. The molecule has 8 heteroatoms. The number of thiazole rings is 1. The monoisotopic (exact) mass is 376 g/mol. The van der Waals surface area contributed by atoms with Crippen LogP contribution in [0.5, 0.6) is 0 Å². The van der Waals surface area contributed by atoms with Crippen LogP contribution in [0.2, 0.25) is 0 Å². The molecule has 2 aromatic heterocycles. The summed E-state index contributed by atoms with van der Waals surface area (Å²) in [7, 11) is 0. The van der Waals surface area contributed by atoms with E-state index in [4.69, 9.17) is 4.74 Å². The summed E-state index contributed by atoms with van der Waals surface area (Å²) in [5, 5.41) is 1.87. The second-order valence-corrected chi connectivity index (χ2v) is 7.84. The summed E-state index contributed by atoms with van der Waals surface area (Å²) in [5.41, 5.74) is 0.768. The number of fused-ring (bicyclic) bond motifs is 1. The molecule has 4 rings (SSSR count). The lowest BCUT2D eigenvalue weighted by molar-refractivity contribution is -0.133. The number of piperazine rings is 1. The standard InChI is InChI=1S/C18H24N4O3S/c23-16(4-3-15-2-1-10-25-15)21-7-5-20(6-8-21)13-14-12-17(24)22-9-11-26-18(22)19-14/h9,11-12,15H,1-8,10,13H2. The summed E-state index contributed by atoms with van der Waals surface area (Å²) < 4.78 is 7.16. The largest absolute Gasteiger partial charge is 0.378 e. The van der Waals surface area contributed by atoms with Crippen LogP contribution in [0.15, 0.2) is 22.4 Å². The smallest absolute Gasteiger partial charge is 0.258 e. The minimum absolute atomic E-state index is 0.0332. The van der Waals surface area contributed by atoms with Gasteiger partial charge in [0.2, 0.25) is 5.91 Å². The van der Waals surface area contributed by atoms with Gasteiger partial charge in [-0.15, -0.1) is 11.3 Å². The zero-order valence-electron chi connectivity index (χ0n) is 14.8. The maximum Gasteiger partial charge on any atom is 0.258 e. The quantitative estimate of drug-likeness (QED) is 0.788. The van der Waals surface area contributed by atoms with Crippen LogP contribution in [0.1, 0.15) is 31.4 Å². The van der Waals surface area contributed by atoms with E-state index in [1.165, 1.54) is 11.3 Å². The first-order valence-electron chi connectivity index (χ1n) is 9.26. The van der Waals surface area contributed by atoms with Crippen LogP contribution < -0.4 is 5.56 Å². The van der Waals surface area contributed by atoms with Gasteiger partial charge in [0.25, 0.3) is 5.56 Å². The topological polar surface area (TPSA) is 67.2 Å². The first-order valence-corrected chi connectivity index (χ1v) is 10.1. The summed E-state index contributed by atoms with van der Waals surface area (Å²) in [4.78, 5) is 34.0. The van der Waals surface area contributed by atoms with E-state index in [2.05, 4.69) is 9.88 Å². The Hall–Kier alpha value is -1.77. The summed E-state index contributed by atoms with van der Waals surface area (Å²) in [6, 6.07) is 1.61. The second kappa shape index (κ2) is 7.85. The lowest BCUT2D eigenvalue weighted by atomic mass is 10.1. The average Bonchev–Trinajstić information content (AvgIpc) is 3.32. The van der Waals surface area contributed by atoms with E-state index >= 15 is 0 Å². The molecule has 0 radical (unpaired) electrons. The summed E-state index contributed by atoms with van der Waals surface area (Å²) in [6.45, 7) is 4.61. The van der Waals surface area contributed by atoms with Gasteiger partial charge >= 0.3 is 0 Å². The lowest BCUT2D eigenvalue weighted by Crippen LogP contribution is -2.48. The van der Waals surface area contributed by atoms with Crippen LogP contribution in [0.3, 0.4) is 0 Å². The number of hydrogen-bond donors (Lipinski definition) is 0. The Bertz CT molecular complexity index is 819. The minimum Gasteiger partial charge on any atom is -0.378 e. The highest BCUT2D eigenvalue weighted by atomic mass is 32.1. The number of ether oxygens (including phenoxy) is 1. The number of carbonyl (C=O) groups is 1. The van der Waals surface area contributed by atoms with Gasteiger partial charge in [-0.25, -0.2) is 4.98 Å². The molecule has 2 aliphatic heterocycles. The highest BCUT2D eigenvalue weighted by molar-refractivity contribution is 7.15. The molecule has 2 aromatic rings. The van der Waals surface area contributed by atoms with E-state index in [0.29, 0.717) is 13.0 Å². The Balaban J connectivity index is 1.27. The van der Waals surface area contributed by atoms with Crippen LogP contribution >= 0.6 is 11.3 Å². The lowest BCUT2D eigenvalue weighted by Gasteiger charge is -2.34. The van der Waals surface area contributed by atoms with Crippen LogP contribution in [0.4, 0.5) is 0 Å². The molecule has 7 nitrogen and oxygen atoms in total. The van der Waals surface area contributed by atoms with Crippen molar-refractivity contribution in [3.8, 4) is 0 Å². The van der Waals surface area contributed by atoms with E-state index in [0.717, 1.165) is 62.7 Å². The predicted molar refractivity (Wildman–Crippen MR) is 99.4 cm³/mol. The maximum absolute atomic E-state index is 12.4. The first kappa shape index (κ1) is 17.6. The van der Waals surface area contributed by atoms with Crippen molar-refractivity contribution in [2.45, 2.75) is 38.3 Å². The van der Waals surface area contributed by atoms with Crippen molar-refractivity contribution >= 4 is 22.2 Å². The first-order chi connectivity index (χ1) is 12.7. The Morgan fingerprint density at radius 2 is 2.15 bits per heavy atom. The molecule has 1 amide bonds. The van der Waals surface area contributed by atoms with Gasteiger partial charge in [-0.3, -0.25) is 18.9 Å². The number of aromatic nitrogens is 2. The van der Waals surface area contributed by atoms with Crippen molar-refractivity contribution in [3.05, 3.63) is 33.7 Å². The van der Waals surface area contributed by atoms with Crippen molar-refractivity contribution in [3.63, 3.8) is 0 Å². The fourth-order valence-corrected chi connectivity index (χ4v) is 4.41. The number of amides is 1. The zero-order chi connectivity index (χ0) is 17.9. The molecular weight excluding hydrogens is 352 g/mol. The Morgan fingerprint density at radius 3 is 2.92 bits per heavy atom. The molecule has 0 aliphatic carbocycles. The van der Waals surface area contributed by atoms with E-state index < -0.39 is 0 Å². The SMILES string of the molecule is O=C(CCC1CCCO1)N1CCN(Cc2cc(=O)n3ccsc3n2)CC1. The normalized spacial score (nSPS) is 21.5. The summed E-state index contributed by atoms with van der Waals surface area (Å²) in [6.07, 6.45) is 5.65. The van der Waals surface area contributed by atoms with Crippen LogP contribution in [0, 0.1) is 0 Å². The third kappa shape index (κ3) is 3.97. The molecule has 0 bridgehead atoms. The fourth-order valence-electron chi connectivity index (χ4n) is 3.67. The number of hydrogen-bond acceptors (Lipinski definition) is 6. The molecule has 1 unspecified atom stereocenters. The van der Waals surface area contributed by atoms with Gasteiger partial charge in [-0.2, -0.15) is 0 Å². The third-order valence-corrected chi connectivity index (χ3v) is 5.93. The maximum atomic E-state index is 12.4. The van der Waals surface area contributed by atoms with Gasteiger partial charge in [0.05, 0.1) is 11.8 Å². The van der Waals surface area contributed by atoms with Crippen molar-refractivity contribution in [2.24, 2.45) is 0 Å². The molecule has 4 heterocycles. The van der Waals surface area contributed by atoms with Crippen molar-refractivity contribution in [2.75, 3.05) is 32.8 Å². The molecule has 2 saturated heterocycles. The van der Waals surface area contributed by atoms with E-state index in [1.54, 1.807) is 16.7 Å². The second-order valence-electron chi connectivity index (χ2n) is 6.97. The molecule has 1 atom stereocenters. The van der Waals surface area contributed by atoms with Crippen LogP contribution in [-0.4, -0.2) is 64.0 Å². The van der Waals surface area contributed by atoms with Gasteiger partial charge < -0.3 is 9.64 Å². The molecule has 2 aliphatic rings. The molecule has 2 fully saturated rings. The molecule has 0 spiro atoms. The van der Waals surface area contributed by atoms with Gasteiger partial charge in [-0.05, 0) is 19.3 Å². The van der Waals surface area contributed by atoms with E-state index in [1.807, 2.05) is 10.3 Å². The number of carbonyl (C=O) groups excluding carboxylic acids is 1. The van der Waals surface area contributed by atoms with Crippen LogP contribution in [-0.2, 0) is 16.1 Å². The van der Waals surface area contributed by atoms with Crippen LogP contribution in [0.25, 0.3) is 4.96 Å². The summed E-state index contributed by atoms with van der Waals surface area (Å²) in [5.74, 6) is 0.233. The van der Waals surface area contributed by atoms with Gasteiger partial charge in [-0.1, -0.05) is 0 Å². The third-order valence-electron chi connectivity index (χ3n) is 5.17. The van der Waals surface area contributed by atoms with Gasteiger partial charge in [0, 0.05) is 63.4 Å². The average molecular weight is 376 g/mol. The van der Waals surface area contributed by atoms with Gasteiger partial charge in [0.1, 0.15) is 0 Å². The number of nitrogens with zero attached hydrogens (tertiary/aromatic N) is 4. The molecule has 0 saturated carbocycles. The highest BCUT2D eigenvalue weighted by Crippen LogP contribution is 2.18. The molecule has 0 aromatic carbocycles. The van der Waals surface area contributed by atoms with Crippen molar-refractivity contribution < 1.29 is 9.53 Å². The predicted octanol–water partition coefficient (Wildman–Crippen LogP) is 1.36. The minimum atomic E-state index is -0.0332. The Labute approximate surface area is 156 Å². The molecule has 140 valence electrons. The summed E-state index contributed by atoms with van der Waals surface area (Å²) >= 11 is 1.47. The Morgan fingerprint density at radius 1 is 1.31 bits per heavy atom.